The van der Waals surface area contributed by atoms with Crippen LogP contribution >= 0.6 is 0 Å². The van der Waals surface area contributed by atoms with Crippen LogP contribution < -0.4 is 5.32 Å². The van der Waals surface area contributed by atoms with Crippen LogP contribution in [0, 0.1) is 0 Å². The molecule has 562 valence electrons. The number of aliphatic hydroxyl groups is 11. The normalized spacial score (nSPS) is 27.3. The summed E-state index contributed by atoms with van der Waals surface area (Å²) in [6, 6.07) is -0.975. The lowest BCUT2D eigenvalue weighted by atomic mass is 9.96. The SMILES string of the molecule is CCCCCCC/C=C\C/C=C\C/C=C\CCCCCCCCCCCCCCCCC(=O)NC(COC1OC(CO)C(OC2OC(CO)C(OC3OC(CO)C(O)C(O)C3O)C(O)C2O)C(O)C1O)C(O)/C=C/CCCCCCCCCCCCCCCCCCCCCC. The number of aliphatic hydroxyl groups excluding tert-OH is 11. The fraction of sp³-hybridized carbons (Fsp3) is 0.883. The molecule has 0 radical (unpaired) electrons. The minimum Gasteiger partial charge on any atom is -0.394 e. The summed E-state index contributed by atoms with van der Waals surface area (Å²) in [5.74, 6) is -0.273. The zero-order valence-electron chi connectivity index (χ0n) is 59.9. The quantitative estimate of drug-likeness (QED) is 0.0199. The fourth-order valence-corrected chi connectivity index (χ4v) is 13.1. The van der Waals surface area contributed by atoms with Gasteiger partial charge in [-0.25, -0.2) is 0 Å². The molecule has 3 aliphatic heterocycles. The van der Waals surface area contributed by atoms with E-state index < -0.39 is 124 Å². The number of rotatable bonds is 61. The predicted octanol–water partition coefficient (Wildman–Crippen LogP) is 12.1. The standard InChI is InChI=1S/C77H141NO18/c1-3-5-7-9-11-13-15-17-19-21-23-25-27-28-29-30-31-32-33-35-37-39-41-43-45-47-49-51-53-55-65(83)78-60(61(82)54-52-50-48-46-44-42-40-38-36-34-26-24-22-20-18-16-14-12-10-8-6-4-2)59-91-75-71(89)68(86)73(63(57-80)93-75)96-77-72(90)69(87)74(64(58-81)94-77)95-76-70(88)67(85)66(84)62(56-79)92-76/h15,17,21,23,27-28,52,54,60-64,66-77,79-82,84-90H,3-14,16,18-20,22,24-26,29-51,53,55-59H2,1-2H3,(H,78,83)/b17-15-,23-21-,28-27-,54-52+. The van der Waals surface area contributed by atoms with E-state index in [0.717, 1.165) is 57.8 Å². The summed E-state index contributed by atoms with van der Waals surface area (Å²) in [5, 5.41) is 121. The van der Waals surface area contributed by atoms with Crippen molar-refractivity contribution in [3.05, 3.63) is 48.6 Å². The topological polar surface area (TPSA) is 307 Å². The van der Waals surface area contributed by atoms with Crippen molar-refractivity contribution in [3.63, 3.8) is 0 Å². The lowest BCUT2D eigenvalue weighted by Gasteiger charge is -2.48. The highest BCUT2D eigenvalue weighted by Gasteiger charge is 2.53. The first kappa shape index (κ1) is 88.0. The summed E-state index contributed by atoms with van der Waals surface area (Å²) < 4.78 is 34.4. The number of carbonyl (C=O) groups excluding carboxylic acids is 1. The molecule has 3 rings (SSSR count). The van der Waals surface area contributed by atoms with E-state index in [9.17, 15) is 61.0 Å². The van der Waals surface area contributed by atoms with Crippen molar-refractivity contribution < 1.29 is 89.4 Å². The highest BCUT2D eigenvalue weighted by atomic mass is 16.8. The first-order chi connectivity index (χ1) is 46.8. The summed E-state index contributed by atoms with van der Waals surface area (Å²) in [6.45, 7) is 1.76. The Morgan fingerprint density at radius 1 is 0.375 bits per heavy atom. The first-order valence-corrected chi connectivity index (χ1v) is 38.9. The van der Waals surface area contributed by atoms with Crippen molar-refractivity contribution >= 4 is 5.91 Å². The van der Waals surface area contributed by atoms with Gasteiger partial charge in [0.1, 0.15) is 73.2 Å². The van der Waals surface area contributed by atoms with Crippen LogP contribution in [0.25, 0.3) is 0 Å². The lowest BCUT2D eigenvalue weighted by Crippen LogP contribution is -2.66. The third-order valence-corrected chi connectivity index (χ3v) is 19.4. The molecule has 0 aromatic carbocycles. The summed E-state index contributed by atoms with van der Waals surface area (Å²) in [6.07, 6.45) is 45.1. The van der Waals surface area contributed by atoms with Crippen LogP contribution in [0.1, 0.15) is 303 Å². The van der Waals surface area contributed by atoms with Crippen LogP contribution in [-0.4, -0.2) is 193 Å². The van der Waals surface area contributed by atoms with Gasteiger partial charge in [-0.2, -0.15) is 0 Å². The van der Waals surface area contributed by atoms with E-state index in [1.54, 1.807) is 6.08 Å². The molecular formula is C77H141NO18. The smallest absolute Gasteiger partial charge is 0.220 e. The van der Waals surface area contributed by atoms with Crippen molar-refractivity contribution in [1.82, 2.24) is 5.32 Å². The van der Waals surface area contributed by atoms with Gasteiger partial charge >= 0.3 is 0 Å². The van der Waals surface area contributed by atoms with Gasteiger partial charge in [-0.3, -0.25) is 4.79 Å². The number of amides is 1. The van der Waals surface area contributed by atoms with Gasteiger partial charge in [-0.1, -0.05) is 287 Å². The third-order valence-electron chi connectivity index (χ3n) is 19.4. The first-order valence-electron chi connectivity index (χ1n) is 38.9. The highest BCUT2D eigenvalue weighted by molar-refractivity contribution is 5.76. The maximum atomic E-state index is 13.5. The van der Waals surface area contributed by atoms with Crippen LogP contribution in [0.5, 0.6) is 0 Å². The summed E-state index contributed by atoms with van der Waals surface area (Å²) >= 11 is 0. The molecule has 17 unspecified atom stereocenters. The van der Waals surface area contributed by atoms with Crippen LogP contribution in [0.3, 0.4) is 0 Å². The van der Waals surface area contributed by atoms with E-state index in [2.05, 4.69) is 55.6 Å². The van der Waals surface area contributed by atoms with E-state index in [4.69, 9.17) is 28.4 Å². The molecule has 0 saturated carbocycles. The summed E-state index contributed by atoms with van der Waals surface area (Å²) in [4.78, 5) is 13.5. The van der Waals surface area contributed by atoms with Crippen LogP contribution in [0.2, 0.25) is 0 Å². The van der Waals surface area contributed by atoms with Crippen molar-refractivity contribution in [1.29, 1.82) is 0 Å². The number of ether oxygens (including phenoxy) is 6. The van der Waals surface area contributed by atoms with Crippen LogP contribution in [-0.2, 0) is 33.2 Å². The zero-order chi connectivity index (χ0) is 69.6. The average molecular weight is 1370 g/mol. The van der Waals surface area contributed by atoms with Gasteiger partial charge < -0.3 is 89.9 Å². The second-order valence-electron chi connectivity index (χ2n) is 27.8. The minimum absolute atomic E-state index is 0.243. The minimum atomic E-state index is -1.98. The molecule has 3 heterocycles. The van der Waals surface area contributed by atoms with E-state index in [1.807, 2.05) is 6.08 Å². The highest BCUT2D eigenvalue weighted by Crippen LogP contribution is 2.33. The van der Waals surface area contributed by atoms with Crippen molar-refractivity contribution in [2.24, 2.45) is 0 Å². The fourth-order valence-electron chi connectivity index (χ4n) is 13.1. The van der Waals surface area contributed by atoms with E-state index in [0.29, 0.717) is 6.42 Å². The second kappa shape index (κ2) is 58.3. The molecule has 0 aromatic heterocycles. The number of carbonyl (C=O) groups is 1. The van der Waals surface area contributed by atoms with Gasteiger partial charge in [0.2, 0.25) is 5.91 Å². The number of hydrogen-bond acceptors (Lipinski definition) is 18. The number of hydrogen-bond donors (Lipinski definition) is 12. The van der Waals surface area contributed by atoms with Crippen LogP contribution in [0.15, 0.2) is 48.6 Å². The molecule has 19 heteroatoms. The molecule has 0 aliphatic carbocycles. The molecule has 17 atom stereocenters. The summed E-state index contributed by atoms with van der Waals surface area (Å²) in [7, 11) is 0. The third kappa shape index (κ3) is 38.7. The van der Waals surface area contributed by atoms with Gasteiger partial charge in [-0.15, -0.1) is 0 Å². The molecule has 0 bridgehead atoms. The Labute approximate surface area is 580 Å². The monoisotopic (exact) mass is 1370 g/mol. The van der Waals surface area contributed by atoms with E-state index in [1.165, 1.54) is 218 Å². The largest absolute Gasteiger partial charge is 0.394 e. The van der Waals surface area contributed by atoms with Gasteiger partial charge in [-0.05, 0) is 57.8 Å². The number of nitrogens with one attached hydrogen (secondary N) is 1. The van der Waals surface area contributed by atoms with Crippen molar-refractivity contribution in [3.8, 4) is 0 Å². The summed E-state index contributed by atoms with van der Waals surface area (Å²) in [5.41, 5.74) is 0. The molecule has 0 spiro atoms. The lowest BCUT2D eigenvalue weighted by molar-refractivity contribution is -0.379. The maximum Gasteiger partial charge on any atom is 0.220 e. The molecule has 1 amide bonds. The Balaban J connectivity index is 1.39. The predicted molar refractivity (Wildman–Crippen MR) is 379 cm³/mol. The van der Waals surface area contributed by atoms with Gasteiger partial charge in [0.25, 0.3) is 0 Å². The van der Waals surface area contributed by atoms with Crippen LogP contribution in [0.4, 0.5) is 0 Å². The van der Waals surface area contributed by atoms with Crippen molar-refractivity contribution in [2.45, 2.75) is 407 Å². The van der Waals surface area contributed by atoms with Gasteiger partial charge in [0.15, 0.2) is 18.9 Å². The maximum absolute atomic E-state index is 13.5. The molecule has 3 aliphatic rings. The van der Waals surface area contributed by atoms with Crippen molar-refractivity contribution in [2.75, 3.05) is 26.4 Å². The van der Waals surface area contributed by atoms with E-state index in [-0.39, 0.29) is 18.9 Å². The number of allylic oxidation sites excluding steroid dienone is 7. The Hall–Kier alpha value is -2.25. The molecular weight excluding hydrogens is 1230 g/mol. The Kier molecular flexibility index (Phi) is 53.4. The molecule has 3 fully saturated rings. The van der Waals surface area contributed by atoms with Gasteiger partial charge in [0.05, 0.1) is 38.6 Å². The molecule has 0 aromatic rings. The molecule has 12 N–H and O–H groups in total. The Bertz CT molecular complexity index is 1930. The second-order valence-corrected chi connectivity index (χ2v) is 27.8. The Morgan fingerprint density at radius 2 is 0.688 bits per heavy atom. The van der Waals surface area contributed by atoms with E-state index >= 15 is 0 Å². The molecule has 96 heavy (non-hydrogen) atoms. The van der Waals surface area contributed by atoms with Gasteiger partial charge in [0, 0.05) is 6.42 Å². The molecule has 19 nitrogen and oxygen atoms in total. The molecule has 3 saturated heterocycles. The Morgan fingerprint density at radius 3 is 1.07 bits per heavy atom. The zero-order valence-corrected chi connectivity index (χ0v) is 59.9. The number of unbranched alkanes of at least 4 members (excludes halogenated alkanes) is 39. The average Bonchev–Trinajstić information content (AvgIpc) is 0.787.